The van der Waals surface area contributed by atoms with Crippen molar-refractivity contribution < 1.29 is 4.74 Å². The molecule has 7 rings (SSSR count). The number of piperidine rings is 1. The van der Waals surface area contributed by atoms with Crippen LogP contribution in [0.5, 0.6) is 0 Å². The van der Waals surface area contributed by atoms with Gasteiger partial charge < -0.3 is 19.9 Å². The van der Waals surface area contributed by atoms with Crippen molar-refractivity contribution in [1.29, 1.82) is 0 Å². The van der Waals surface area contributed by atoms with Gasteiger partial charge in [-0.05, 0) is 81.2 Å². The van der Waals surface area contributed by atoms with Gasteiger partial charge in [0.1, 0.15) is 0 Å². The minimum absolute atomic E-state index is 0.0645. The van der Waals surface area contributed by atoms with Gasteiger partial charge in [-0.2, -0.15) is 4.98 Å². The van der Waals surface area contributed by atoms with Gasteiger partial charge in [0, 0.05) is 54.0 Å². The molecule has 0 amide bonds. The first-order chi connectivity index (χ1) is 21.4. The van der Waals surface area contributed by atoms with E-state index in [-0.39, 0.29) is 11.7 Å². The third-order valence-electron chi connectivity index (χ3n) is 8.72. The lowest BCUT2D eigenvalue weighted by molar-refractivity contribution is -0.0208. The number of nitrogens with one attached hydrogen (secondary N) is 1. The number of pyridine rings is 1. The number of nitrogens with zero attached hydrogens (tertiary/aromatic N) is 6. The lowest BCUT2D eigenvalue weighted by Gasteiger charge is -2.31. The van der Waals surface area contributed by atoms with Gasteiger partial charge in [0.2, 0.25) is 5.95 Å². The number of hydrogen-bond acceptors (Lipinski definition) is 9. The number of fused-ring (bicyclic) bond motifs is 1. The van der Waals surface area contributed by atoms with Crippen LogP contribution in [-0.4, -0.2) is 76.2 Å². The molecule has 0 radical (unpaired) electrons. The molecule has 2 atom stereocenters. The Morgan fingerprint density at radius 1 is 0.977 bits per heavy atom. The van der Waals surface area contributed by atoms with Gasteiger partial charge in [-0.1, -0.05) is 35.9 Å². The maximum atomic E-state index is 14.4. The zero-order valence-corrected chi connectivity index (χ0v) is 26.2. The number of aryl methyl sites for hydroxylation is 1. The normalized spacial score (nSPS) is 19.8. The Bertz CT molecular complexity index is 1840. The predicted molar refractivity (Wildman–Crippen MR) is 176 cm³/mol. The van der Waals surface area contributed by atoms with Crippen LogP contribution in [0.2, 0.25) is 0 Å². The molecular weight excluding hydrogens is 570 g/mol. The number of hydrogen-bond donors (Lipinski definition) is 1. The summed E-state index contributed by atoms with van der Waals surface area (Å²) in [5, 5.41) is 6.57. The van der Waals surface area contributed by atoms with Gasteiger partial charge in [0.25, 0.3) is 5.56 Å². The number of rotatable bonds is 6. The van der Waals surface area contributed by atoms with Crippen LogP contribution in [0.25, 0.3) is 27.3 Å². The Morgan fingerprint density at radius 3 is 2.59 bits per heavy atom. The summed E-state index contributed by atoms with van der Waals surface area (Å²) in [5.74, 6) is 0.782. The molecular formula is C34H37N7O2S. The van der Waals surface area contributed by atoms with E-state index >= 15 is 0 Å². The fraction of sp³-hybridized carbons (Fsp3) is 0.353. The number of morpholine rings is 1. The average molecular weight is 608 g/mol. The zero-order chi connectivity index (χ0) is 30.2. The molecule has 2 unspecified atom stereocenters. The van der Waals surface area contributed by atoms with Crippen molar-refractivity contribution in [3.8, 4) is 16.3 Å². The van der Waals surface area contributed by atoms with Crippen molar-refractivity contribution in [3.05, 3.63) is 93.3 Å². The van der Waals surface area contributed by atoms with Crippen molar-refractivity contribution in [2.24, 2.45) is 0 Å². The summed E-state index contributed by atoms with van der Waals surface area (Å²) in [4.78, 5) is 33.1. The highest BCUT2D eigenvalue weighted by Crippen LogP contribution is 2.35. The SMILES string of the molecule is Cc1ccc(-c2cc3cnc(Nc4ccc(C5CN(C)CCO5)cc4)nc3n(-c3nccs3)c2=O)c(C2CCCN(C)C2)c1. The number of likely N-dealkylation sites (tertiary alicyclic amines) is 1. The summed E-state index contributed by atoms with van der Waals surface area (Å²) in [7, 11) is 4.29. The second kappa shape index (κ2) is 12.2. The van der Waals surface area contributed by atoms with Crippen LogP contribution in [0.1, 0.15) is 41.6 Å². The maximum Gasteiger partial charge on any atom is 0.266 e. The monoisotopic (exact) mass is 607 g/mol. The van der Waals surface area contributed by atoms with Gasteiger partial charge in [-0.15, -0.1) is 11.3 Å². The summed E-state index contributed by atoms with van der Waals surface area (Å²) in [6.07, 6.45) is 5.83. The Morgan fingerprint density at radius 2 is 1.82 bits per heavy atom. The molecule has 9 nitrogen and oxygen atoms in total. The number of aromatic nitrogens is 4. The first kappa shape index (κ1) is 28.8. The van der Waals surface area contributed by atoms with Gasteiger partial charge in [-0.25, -0.2) is 14.5 Å². The van der Waals surface area contributed by atoms with Crippen molar-refractivity contribution >= 4 is 34.0 Å². The van der Waals surface area contributed by atoms with Gasteiger partial charge in [0.15, 0.2) is 10.8 Å². The summed E-state index contributed by atoms with van der Waals surface area (Å²) >= 11 is 1.42. The molecule has 3 aromatic heterocycles. The van der Waals surface area contributed by atoms with E-state index in [1.807, 2.05) is 23.6 Å². The van der Waals surface area contributed by atoms with Crippen molar-refractivity contribution in [3.63, 3.8) is 0 Å². The molecule has 2 aliphatic rings. The summed E-state index contributed by atoms with van der Waals surface area (Å²) in [6.45, 7) is 6.76. The summed E-state index contributed by atoms with van der Waals surface area (Å²) < 4.78 is 7.61. The molecule has 0 bridgehead atoms. The van der Waals surface area contributed by atoms with E-state index < -0.39 is 0 Å². The Labute approximate surface area is 261 Å². The van der Waals surface area contributed by atoms with E-state index in [1.54, 1.807) is 17.0 Å². The minimum atomic E-state index is -0.131. The summed E-state index contributed by atoms with van der Waals surface area (Å²) in [6, 6.07) is 16.6. The molecule has 1 N–H and O–H groups in total. The van der Waals surface area contributed by atoms with E-state index in [2.05, 4.69) is 76.4 Å². The number of ether oxygens (including phenoxy) is 1. The highest BCUT2D eigenvalue weighted by Gasteiger charge is 2.25. The van der Waals surface area contributed by atoms with E-state index in [4.69, 9.17) is 9.72 Å². The van der Waals surface area contributed by atoms with Gasteiger partial charge >= 0.3 is 0 Å². The standard InChI is InChI=1S/C34H37N7O2S/c1-22-6-11-27(28(17-22)24-5-4-13-39(2)20-24)29-18-25-19-36-33(38-31(25)41(32(29)42)34-35-12-16-44-34)37-26-9-7-23(8-10-26)30-21-40(3)14-15-43-30/h6-12,16-19,24,30H,4-5,13-15,20-21H2,1-3H3,(H,36,37,38). The van der Waals surface area contributed by atoms with E-state index in [0.29, 0.717) is 28.2 Å². The van der Waals surface area contributed by atoms with Gasteiger partial charge in [0.05, 0.1) is 12.7 Å². The van der Waals surface area contributed by atoms with Crippen LogP contribution >= 0.6 is 11.3 Å². The van der Waals surface area contributed by atoms with Crippen LogP contribution in [0.3, 0.4) is 0 Å². The van der Waals surface area contributed by atoms with Crippen molar-refractivity contribution in [1.82, 2.24) is 29.3 Å². The van der Waals surface area contributed by atoms with E-state index in [0.717, 1.165) is 67.8 Å². The number of likely N-dealkylation sites (N-methyl/N-ethyl adjacent to an activating group) is 2. The second-order valence-corrected chi connectivity index (χ2v) is 12.9. The maximum absolute atomic E-state index is 14.4. The van der Waals surface area contributed by atoms with Gasteiger partial charge in [-0.3, -0.25) is 4.79 Å². The molecule has 0 saturated carbocycles. The fourth-order valence-electron chi connectivity index (χ4n) is 6.43. The lowest BCUT2D eigenvalue weighted by atomic mass is 9.85. The second-order valence-electron chi connectivity index (χ2n) is 12.0. The molecule has 226 valence electrons. The number of thiazole rings is 1. The topological polar surface area (TPSA) is 88.4 Å². The van der Waals surface area contributed by atoms with Crippen LogP contribution in [-0.2, 0) is 4.74 Å². The zero-order valence-electron chi connectivity index (χ0n) is 25.4. The Balaban J connectivity index is 1.27. The smallest absolute Gasteiger partial charge is 0.266 e. The molecule has 5 aromatic rings. The number of anilines is 2. The van der Waals surface area contributed by atoms with Crippen LogP contribution < -0.4 is 10.9 Å². The number of benzene rings is 2. The summed E-state index contributed by atoms with van der Waals surface area (Å²) in [5.41, 5.74) is 6.44. The molecule has 2 aliphatic heterocycles. The molecule has 5 heterocycles. The third kappa shape index (κ3) is 5.78. The quantitative estimate of drug-likeness (QED) is 0.260. The van der Waals surface area contributed by atoms with Crippen LogP contribution in [0, 0.1) is 6.92 Å². The molecule has 2 aromatic carbocycles. The van der Waals surface area contributed by atoms with E-state index in [1.165, 1.54) is 22.5 Å². The molecule has 2 saturated heterocycles. The molecule has 44 heavy (non-hydrogen) atoms. The minimum Gasteiger partial charge on any atom is -0.371 e. The molecule has 0 aliphatic carbocycles. The predicted octanol–water partition coefficient (Wildman–Crippen LogP) is 5.77. The average Bonchev–Trinajstić information content (AvgIpc) is 3.56. The Kier molecular flexibility index (Phi) is 7.98. The van der Waals surface area contributed by atoms with E-state index in [9.17, 15) is 4.79 Å². The highest BCUT2D eigenvalue weighted by molar-refractivity contribution is 7.12. The first-order valence-corrected chi connectivity index (χ1v) is 16.1. The highest BCUT2D eigenvalue weighted by atomic mass is 32.1. The first-order valence-electron chi connectivity index (χ1n) is 15.2. The largest absolute Gasteiger partial charge is 0.371 e. The van der Waals surface area contributed by atoms with Crippen molar-refractivity contribution in [2.75, 3.05) is 52.2 Å². The fourth-order valence-corrected chi connectivity index (χ4v) is 7.07. The third-order valence-corrected chi connectivity index (χ3v) is 9.48. The molecule has 2 fully saturated rings. The molecule has 0 spiro atoms. The molecule has 10 heteroatoms. The van der Waals surface area contributed by atoms with Crippen LogP contribution in [0.15, 0.2) is 71.1 Å². The van der Waals surface area contributed by atoms with Crippen LogP contribution in [0.4, 0.5) is 11.6 Å². The lowest BCUT2D eigenvalue weighted by Crippen LogP contribution is -2.35. The Hall–Kier alpha value is -3.96. The van der Waals surface area contributed by atoms with Crippen molar-refractivity contribution in [2.45, 2.75) is 31.8 Å².